The predicted octanol–water partition coefficient (Wildman–Crippen LogP) is 2.68. The van der Waals surface area contributed by atoms with Crippen LogP contribution in [0.2, 0.25) is 0 Å². The lowest BCUT2D eigenvalue weighted by Crippen LogP contribution is -2.25. The second-order valence-electron chi connectivity index (χ2n) is 4.80. The molecule has 0 aliphatic heterocycles. The van der Waals surface area contributed by atoms with E-state index < -0.39 is 10.0 Å². The summed E-state index contributed by atoms with van der Waals surface area (Å²) in [6.45, 7) is 3.97. The molecule has 1 aromatic heterocycles. The highest BCUT2D eigenvalue weighted by Crippen LogP contribution is 2.24. The van der Waals surface area contributed by atoms with E-state index in [1.54, 1.807) is 13.1 Å². The van der Waals surface area contributed by atoms with Gasteiger partial charge in [-0.3, -0.25) is 0 Å². The maximum atomic E-state index is 12.5. The minimum Gasteiger partial charge on any atom is -0.313 e. The van der Waals surface area contributed by atoms with Gasteiger partial charge in [-0.05, 0) is 29.1 Å². The van der Waals surface area contributed by atoms with E-state index in [0.29, 0.717) is 17.3 Å². The van der Waals surface area contributed by atoms with Crippen LogP contribution in [0.25, 0.3) is 0 Å². The summed E-state index contributed by atoms with van der Waals surface area (Å²) in [4.78, 5) is 0. The van der Waals surface area contributed by atoms with Gasteiger partial charge < -0.3 is 5.32 Å². The molecule has 0 saturated heterocycles. The first-order valence-corrected chi connectivity index (χ1v) is 9.14. The highest BCUT2D eigenvalue weighted by atomic mass is 32.2. The highest BCUT2D eigenvalue weighted by molar-refractivity contribution is 7.91. The second-order valence-corrected chi connectivity index (χ2v) is 7.98. The van der Waals surface area contributed by atoms with Crippen LogP contribution in [0.15, 0.2) is 46.0 Å². The van der Waals surface area contributed by atoms with Gasteiger partial charge in [0.1, 0.15) is 4.21 Å². The molecule has 0 unspecified atom stereocenters. The molecule has 6 heteroatoms. The summed E-state index contributed by atoms with van der Waals surface area (Å²) in [5.74, 6) is 0. The molecule has 2 rings (SSSR count). The minimum atomic E-state index is -3.42. The normalized spacial score (nSPS) is 12.0. The second kappa shape index (κ2) is 7.17. The van der Waals surface area contributed by atoms with Crippen molar-refractivity contribution in [3.8, 4) is 0 Å². The van der Waals surface area contributed by atoms with Crippen LogP contribution in [0.1, 0.15) is 18.1 Å². The molecule has 0 atom stereocenters. The third-order valence-electron chi connectivity index (χ3n) is 3.12. The summed E-state index contributed by atoms with van der Waals surface area (Å²) >= 11 is 1.28. The number of rotatable bonds is 7. The van der Waals surface area contributed by atoms with E-state index in [9.17, 15) is 8.42 Å². The van der Waals surface area contributed by atoms with Gasteiger partial charge in [0.25, 0.3) is 10.0 Å². The van der Waals surface area contributed by atoms with E-state index in [2.05, 4.69) is 5.32 Å². The molecule has 0 bridgehead atoms. The van der Waals surface area contributed by atoms with Crippen molar-refractivity contribution in [1.29, 1.82) is 0 Å². The van der Waals surface area contributed by atoms with Gasteiger partial charge >= 0.3 is 0 Å². The Morgan fingerprint density at radius 3 is 2.57 bits per heavy atom. The van der Waals surface area contributed by atoms with E-state index in [1.807, 2.05) is 42.6 Å². The predicted molar refractivity (Wildman–Crippen MR) is 86.8 cm³/mol. The fourth-order valence-corrected chi connectivity index (χ4v) is 4.51. The number of nitrogens with one attached hydrogen (secondary N) is 1. The topological polar surface area (TPSA) is 49.4 Å². The highest BCUT2D eigenvalue weighted by Gasteiger charge is 2.22. The van der Waals surface area contributed by atoms with E-state index in [1.165, 1.54) is 15.6 Å². The number of sulfonamides is 1. The van der Waals surface area contributed by atoms with Crippen molar-refractivity contribution in [2.24, 2.45) is 0 Å². The zero-order valence-electron chi connectivity index (χ0n) is 12.2. The fourth-order valence-electron chi connectivity index (χ4n) is 1.93. The van der Waals surface area contributed by atoms with Gasteiger partial charge in [0.2, 0.25) is 0 Å². The van der Waals surface area contributed by atoms with Crippen LogP contribution in [0, 0.1) is 0 Å². The molecule has 0 spiro atoms. The largest absolute Gasteiger partial charge is 0.313 e. The van der Waals surface area contributed by atoms with Crippen molar-refractivity contribution >= 4 is 21.4 Å². The number of hydrogen-bond donors (Lipinski definition) is 1. The molecule has 21 heavy (non-hydrogen) atoms. The van der Waals surface area contributed by atoms with Gasteiger partial charge in [-0.2, -0.15) is 4.31 Å². The molecule has 0 radical (unpaired) electrons. The van der Waals surface area contributed by atoms with Crippen molar-refractivity contribution in [2.45, 2.75) is 24.2 Å². The molecule has 1 N–H and O–H groups in total. The molecule has 2 aromatic rings. The molecule has 0 amide bonds. The smallest absolute Gasteiger partial charge is 0.252 e. The lowest BCUT2D eigenvalue weighted by atomic mass is 10.2. The lowest BCUT2D eigenvalue weighted by Gasteiger charge is -2.16. The summed E-state index contributed by atoms with van der Waals surface area (Å²) in [5.41, 5.74) is 1.99. The molecule has 0 aliphatic rings. The summed E-state index contributed by atoms with van der Waals surface area (Å²) < 4.78 is 26.9. The van der Waals surface area contributed by atoms with Crippen molar-refractivity contribution < 1.29 is 8.42 Å². The monoisotopic (exact) mass is 324 g/mol. The van der Waals surface area contributed by atoms with Gasteiger partial charge in [-0.15, -0.1) is 11.3 Å². The maximum Gasteiger partial charge on any atom is 0.252 e. The average Bonchev–Trinajstić information content (AvgIpc) is 2.95. The summed E-state index contributed by atoms with van der Waals surface area (Å²) in [6, 6.07) is 11.4. The summed E-state index contributed by atoms with van der Waals surface area (Å²) in [5, 5.41) is 5.09. The van der Waals surface area contributed by atoms with Crippen LogP contribution in [0.4, 0.5) is 0 Å². The molecule has 0 fully saturated rings. The van der Waals surface area contributed by atoms with Crippen molar-refractivity contribution in [3.05, 3.63) is 52.9 Å². The molecule has 4 nitrogen and oxygen atoms in total. The van der Waals surface area contributed by atoms with Gasteiger partial charge in [-0.1, -0.05) is 37.3 Å². The molecule has 0 saturated carbocycles. The Hall–Kier alpha value is -1.21. The first kappa shape index (κ1) is 16.2. The van der Waals surface area contributed by atoms with Gasteiger partial charge in [0, 0.05) is 20.1 Å². The van der Waals surface area contributed by atoms with Gasteiger partial charge in [0.05, 0.1) is 0 Å². The summed E-state index contributed by atoms with van der Waals surface area (Å²) in [7, 11) is -1.80. The van der Waals surface area contributed by atoms with Crippen LogP contribution in [0.5, 0.6) is 0 Å². The number of nitrogens with zero attached hydrogens (tertiary/aromatic N) is 1. The molecule has 1 heterocycles. The standard InChI is InChI=1S/C15H20N2O2S2/c1-3-16-10-14-9-15(20-12-14)21(18,19)17(2)11-13-7-5-4-6-8-13/h4-9,12,16H,3,10-11H2,1-2H3. The van der Waals surface area contributed by atoms with E-state index in [0.717, 1.165) is 17.7 Å². The number of thiophene rings is 1. The Morgan fingerprint density at radius 2 is 1.90 bits per heavy atom. The first-order chi connectivity index (χ1) is 10.0. The van der Waals surface area contributed by atoms with Crippen molar-refractivity contribution in [2.75, 3.05) is 13.6 Å². The van der Waals surface area contributed by atoms with Crippen molar-refractivity contribution in [3.63, 3.8) is 0 Å². The van der Waals surface area contributed by atoms with Crippen molar-refractivity contribution in [1.82, 2.24) is 9.62 Å². The average molecular weight is 324 g/mol. The Morgan fingerprint density at radius 1 is 1.19 bits per heavy atom. The van der Waals surface area contributed by atoms with Gasteiger partial charge in [-0.25, -0.2) is 8.42 Å². The Kier molecular flexibility index (Phi) is 5.52. The lowest BCUT2D eigenvalue weighted by molar-refractivity contribution is 0.468. The van der Waals surface area contributed by atoms with Gasteiger partial charge in [0.15, 0.2) is 0 Å². The zero-order valence-corrected chi connectivity index (χ0v) is 13.9. The summed E-state index contributed by atoms with van der Waals surface area (Å²) in [6.07, 6.45) is 0. The van der Waals surface area contributed by atoms with Crippen LogP contribution >= 0.6 is 11.3 Å². The minimum absolute atomic E-state index is 0.379. The Bertz CT molecular complexity index is 666. The third-order valence-corrected chi connectivity index (χ3v) is 6.39. The molecular weight excluding hydrogens is 304 g/mol. The molecule has 1 aromatic carbocycles. The Balaban J connectivity index is 2.11. The van der Waals surface area contributed by atoms with Crippen LogP contribution in [-0.4, -0.2) is 26.3 Å². The number of benzene rings is 1. The molecular formula is C15H20N2O2S2. The van der Waals surface area contributed by atoms with Crippen LogP contribution in [0.3, 0.4) is 0 Å². The quantitative estimate of drug-likeness (QED) is 0.852. The van der Waals surface area contributed by atoms with Crippen LogP contribution in [-0.2, 0) is 23.1 Å². The van der Waals surface area contributed by atoms with E-state index >= 15 is 0 Å². The third kappa shape index (κ3) is 4.14. The van der Waals surface area contributed by atoms with E-state index in [4.69, 9.17) is 0 Å². The fraction of sp³-hybridized carbons (Fsp3) is 0.333. The number of hydrogen-bond acceptors (Lipinski definition) is 4. The van der Waals surface area contributed by atoms with E-state index in [-0.39, 0.29) is 0 Å². The zero-order chi connectivity index (χ0) is 15.3. The molecule has 114 valence electrons. The SMILES string of the molecule is CCNCc1csc(S(=O)(=O)N(C)Cc2ccccc2)c1. The van der Waals surface area contributed by atoms with Crippen LogP contribution < -0.4 is 5.32 Å². The first-order valence-electron chi connectivity index (χ1n) is 6.82. The Labute approximate surface area is 130 Å². The maximum absolute atomic E-state index is 12.5. The molecule has 0 aliphatic carbocycles.